The van der Waals surface area contributed by atoms with E-state index in [4.69, 9.17) is 4.98 Å². The van der Waals surface area contributed by atoms with Crippen LogP contribution in [0.3, 0.4) is 0 Å². The molecule has 1 aromatic heterocycles. The van der Waals surface area contributed by atoms with Crippen LogP contribution in [0.25, 0.3) is 11.3 Å². The lowest BCUT2D eigenvalue weighted by molar-refractivity contribution is 0.212. The Kier molecular flexibility index (Phi) is 6.77. The molecule has 1 saturated carbocycles. The zero-order valence-electron chi connectivity index (χ0n) is 21.5. The van der Waals surface area contributed by atoms with Crippen LogP contribution in [0.1, 0.15) is 61.3 Å². The number of aromatic nitrogens is 2. The maximum Gasteiger partial charge on any atom is 0.258 e. The summed E-state index contributed by atoms with van der Waals surface area (Å²) < 4.78 is 1.96. The molecule has 0 saturated heterocycles. The van der Waals surface area contributed by atoms with Gasteiger partial charge in [-0.3, -0.25) is 9.36 Å². The van der Waals surface area contributed by atoms with Gasteiger partial charge < -0.3 is 0 Å². The summed E-state index contributed by atoms with van der Waals surface area (Å²) in [4.78, 5) is 20.0. The third-order valence-electron chi connectivity index (χ3n) is 8.44. The van der Waals surface area contributed by atoms with E-state index in [0.717, 1.165) is 39.7 Å². The highest BCUT2D eigenvalue weighted by Crippen LogP contribution is 2.49. The van der Waals surface area contributed by atoms with Gasteiger partial charge in [-0.25, -0.2) is 4.98 Å². The van der Waals surface area contributed by atoms with Gasteiger partial charge in [0.05, 0.1) is 17.8 Å². The summed E-state index contributed by atoms with van der Waals surface area (Å²) >= 11 is 1.67. The molecule has 6 rings (SSSR count). The number of nitrogens with zero attached hydrogens (tertiary/aromatic N) is 2. The lowest BCUT2D eigenvalue weighted by Gasteiger charge is -2.44. The fourth-order valence-corrected chi connectivity index (χ4v) is 7.41. The molecule has 2 aliphatic rings. The maximum atomic E-state index is 14.6. The molecule has 4 heteroatoms. The van der Waals surface area contributed by atoms with Crippen LogP contribution in [0.4, 0.5) is 0 Å². The molecule has 3 aromatic carbocycles. The van der Waals surface area contributed by atoms with Crippen molar-refractivity contribution in [2.75, 3.05) is 0 Å². The van der Waals surface area contributed by atoms with Crippen LogP contribution in [-0.4, -0.2) is 9.55 Å². The van der Waals surface area contributed by atoms with Crippen LogP contribution in [0.15, 0.2) is 94.9 Å². The molecular weight excluding hydrogens is 472 g/mol. The van der Waals surface area contributed by atoms with E-state index in [1.54, 1.807) is 11.8 Å². The van der Waals surface area contributed by atoms with Crippen LogP contribution < -0.4 is 5.56 Å². The van der Waals surface area contributed by atoms with Gasteiger partial charge in [0.15, 0.2) is 5.16 Å². The second-order valence-electron chi connectivity index (χ2n) is 10.9. The third kappa shape index (κ3) is 4.68. The van der Waals surface area contributed by atoms with Crippen LogP contribution in [0.5, 0.6) is 0 Å². The zero-order valence-corrected chi connectivity index (χ0v) is 22.3. The first-order valence-corrected chi connectivity index (χ1v) is 14.6. The van der Waals surface area contributed by atoms with E-state index < -0.39 is 0 Å². The summed E-state index contributed by atoms with van der Waals surface area (Å²) in [6.45, 7) is 2.89. The number of fused-ring (bicyclic) bond motifs is 3. The Hall–Kier alpha value is -3.11. The standard InChI is InChI=1S/C33H34N2OS/c1-33(27-18-9-4-10-19-27)21-26-17-11-12-20-28(26)30-29(33)31(36)35(22-24-13-5-2-6-14-24)32(34-30)37-23-25-15-7-3-8-16-25/h2-3,5-8,11-17,20,27H,4,9-10,18-19,21-23H2,1H3/t33-/m1/s1. The van der Waals surface area contributed by atoms with E-state index in [-0.39, 0.29) is 11.0 Å². The highest BCUT2D eigenvalue weighted by molar-refractivity contribution is 7.98. The molecule has 0 amide bonds. The van der Waals surface area contributed by atoms with Crippen molar-refractivity contribution in [1.29, 1.82) is 0 Å². The van der Waals surface area contributed by atoms with Gasteiger partial charge in [0.2, 0.25) is 0 Å². The maximum absolute atomic E-state index is 14.6. The average molecular weight is 507 g/mol. The minimum Gasteiger partial charge on any atom is -0.283 e. The predicted molar refractivity (Wildman–Crippen MR) is 153 cm³/mol. The van der Waals surface area contributed by atoms with E-state index >= 15 is 0 Å². The van der Waals surface area contributed by atoms with E-state index in [1.807, 2.05) is 28.8 Å². The summed E-state index contributed by atoms with van der Waals surface area (Å²) in [6.07, 6.45) is 7.13. The second kappa shape index (κ2) is 10.3. The van der Waals surface area contributed by atoms with Gasteiger partial charge >= 0.3 is 0 Å². The molecule has 4 aromatic rings. The average Bonchev–Trinajstić information content (AvgIpc) is 2.95. The molecule has 0 aliphatic heterocycles. The largest absolute Gasteiger partial charge is 0.283 e. The lowest BCUT2D eigenvalue weighted by Crippen LogP contribution is -2.45. The fourth-order valence-electron chi connectivity index (χ4n) is 6.46. The first-order chi connectivity index (χ1) is 18.1. The minimum atomic E-state index is -0.199. The molecule has 1 fully saturated rings. The molecule has 0 radical (unpaired) electrons. The molecule has 3 nitrogen and oxygen atoms in total. The van der Waals surface area contributed by atoms with Gasteiger partial charge in [-0.2, -0.15) is 0 Å². The summed E-state index contributed by atoms with van der Waals surface area (Å²) in [6, 6.07) is 29.4. The Morgan fingerprint density at radius 2 is 1.51 bits per heavy atom. The van der Waals surface area contributed by atoms with Crippen molar-refractivity contribution < 1.29 is 0 Å². The van der Waals surface area contributed by atoms with Gasteiger partial charge in [-0.15, -0.1) is 0 Å². The molecule has 2 aliphatic carbocycles. The summed E-state index contributed by atoms with van der Waals surface area (Å²) in [5, 5.41) is 0.805. The number of rotatable bonds is 6. The van der Waals surface area contributed by atoms with E-state index in [2.05, 4.69) is 67.6 Å². The quantitative estimate of drug-likeness (QED) is 0.199. The van der Waals surface area contributed by atoms with Crippen LogP contribution >= 0.6 is 11.8 Å². The molecule has 0 spiro atoms. The molecule has 1 heterocycles. The van der Waals surface area contributed by atoms with E-state index in [9.17, 15) is 4.79 Å². The van der Waals surface area contributed by atoms with Crippen LogP contribution in [0, 0.1) is 5.92 Å². The molecule has 0 bridgehead atoms. The molecule has 0 N–H and O–H groups in total. The predicted octanol–water partition coefficient (Wildman–Crippen LogP) is 7.65. The molecule has 1 atom stereocenters. The zero-order chi connectivity index (χ0) is 25.2. The van der Waals surface area contributed by atoms with Gasteiger partial charge in [-0.05, 0) is 41.9 Å². The number of thioether (sulfide) groups is 1. The molecular formula is C33H34N2OS. The van der Waals surface area contributed by atoms with Crippen molar-refractivity contribution in [1.82, 2.24) is 9.55 Å². The smallest absolute Gasteiger partial charge is 0.258 e. The van der Waals surface area contributed by atoms with Crippen molar-refractivity contribution in [3.05, 3.63) is 118 Å². The van der Waals surface area contributed by atoms with Gasteiger partial charge in [-0.1, -0.05) is 123 Å². The Balaban J connectivity index is 1.53. The van der Waals surface area contributed by atoms with Crippen molar-refractivity contribution >= 4 is 11.8 Å². The number of hydrogen-bond donors (Lipinski definition) is 0. The van der Waals surface area contributed by atoms with E-state index in [0.29, 0.717) is 12.5 Å². The fraction of sp³-hybridized carbons (Fsp3) is 0.333. The topological polar surface area (TPSA) is 34.9 Å². The lowest BCUT2D eigenvalue weighted by atomic mass is 9.60. The number of benzene rings is 3. The van der Waals surface area contributed by atoms with Crippen molar-refractivity contribution in [2.24, 2.45) is 5.92 Å². The first-order valence-electron chi connectivity index (χ1n) is 13.6. The summed E-state index contributed by atoms with van der Waals surface area (Å²) in [5.74, 6) is 1.29. The minimum absolute atomic E-state index is 0.145. The Morgan fingerprint density at radius 3 is 2.24 bits per heavy atom. The van der Waals surface area contributed by atoms with Gasteiger partial charge in [0, 0.05) is 16.7 Å². The van der Waals surface area contributed by atoms with Crippen molar-refractivity contribution in [3.63, 3.8) is 0 Å². The molecule has 0 unspecified atom stereocenters. The Labute approximate surface area is 224 Å². The molecule has 188 valence electrons. The van der Waals surface area contributed by atoms with Crippen molar-refractivity contribution in [2.45, 2.75) is 68.3 Å². The summed E-state index contributed by atoms with van der Waals surface area (Å²) in [7, 11) is 0. The Morgan fingerprint density at radius 1 is 0.865 bits per heavy atom. The van der Waals surface area contributed by atoms with Crippen LogP contribution in [-0.2, 0) is 24.1 Å². The van der Waals surface area contributed by atoms with Gasteiger partial charge in [0.25, 0.3) is 5.56 Å². The normalized spacial score (nSPS) is 19.3. The molecule has 37 heavy (non-hydrogen) atoms. The monoisotopic (exact) mass is 506 g/mol. The van der Waals surface area contributed by atoms with Gasteiger partial charge in [0.1, 0.15) is 0 Å². The summed E-state index contributed by atoms with van der Waals surface area (Å²) in [5.41, 5.74) is 6.63. The van der Waals surface area contributed by atoms with Crippen molar-refractivity contribution in [3.8, 4) is 11.3 Å². The number of hydrogen-bond acceptors (Lipinski definition) is 3. The second-order valence-corrected chi connectivity index (χ2v) is 11.8. The highest BCUT2D eigenvalue weighted by atomic mass is 32.2. The Bertz CT molecular complexity index is 1440. The van der Waals surface area contributed by atoms with Crippen LogP contribution in [0.2, 0.25) is 0 Å². The highest BCUT2D eigenvalue weighted by Gasteiger charge is 2.44. The van der Waals surface area contributed by atoms with E-state index in [1.165, 1.54) is 43.2 Å². The first kappa shape index (κ1) is 24.2. The SMILES string of the molecule is C[C@]1(C2CCCCC2)Cc2ccccc2-c2nc(SCc3ccccc3)n(Cc3ccccc3)c(=O)c21. The third-order valence-corrected chi connectivity index (χ3v) is 9.48.